The van der Waals surface area contributed by atoms with E-state index in [4.69, 9.17) is 10.5 Å². The molecule has 1 fully saturated rings. The summed E-state index contributed by atoms with van der Waals surface area (Å²) in [7, 11) is 0. The van der Waals surface area contributed by atoms with Gasteiger partial charge in [0.2, 0.25) is 5.91 Å². The van der Waals surface area contributed by atoms with Crippen LogP contribution in [0, 0.1) is 5.92 Å². The fourth-order valence-corrected chi connectivity index (χ4v) is 2.37. The van der Waals surface area contributed by atoms with Gasteiger partial charge >= 0.3 is 6.09 Å². The van der Waals surface area contributed by atoms with Crippen molar-refractivity contribution in [1.82, 2.24) is 10.6 Å². The van der Waals surface area contributed by atoms with Crippen LogP contribution in [0.2, 0.25) is 0 Å². The van der Waals surface area contributed by atoms with Gasteiger partial charge in [0.1, 0.15) is 5.60 Å². The topological polar surface area (TPSA) is 93.4 Å². The van der Waals surface area contributed by atoms with E-state index >= 15 is 0 Å². The van der Waals surface area contributed by atoms with E-state index in [2.05, 4.69) is 10.6 Å². The van der Waals surface area contributed by atoms with Crippen molar-refractivity contribution in [2.24, 2.45) is 11.7 Å². The predicted octanol–water partition coefficient (Wildman–Crippen LogP) is 1.14. The molecule has 1 saturated heterocycles. The molecule has 1 aliphatic heterocycles. The summed E-state index contributed by atoms with van der Waals surface area (Å²) in [4.78, 5) is 22.6. The number of nitrogens with one attached hydrogen (secondary N) is 2. The van der Waals surface area contributed by atoms with Crippen LogP contribution in [0.25, 0.3) is 0 Å². The summed E-state index contributed by atoms with van der Waals surface area (Å²) in [5.41, 5.74) is 4.84. The number of rotatable bonds is 5. The van der Waals surface area contributed by atoms with Gasteiger partial charge in [0.15, 0.2) is 0 Å². The Morgan fingerprint density at radius 2 is 2.10 bits per heavy atom. The number of hydrogen-bond acceptors (Lipinski definition) is 4. The number of hydrogen-bond donors (Lipinski definition) is 3. The lowest BCUT2D eigenvalue weighted by Crippen LogP contribution is -2.46. The molecule has 2 atom stereocenters. The molecule has 116 valence electrons. The molecular weight excluding hydrogens is 258 g/mol. The Morgan fingerprint density at radius 3 is 2.70 bits per heavy atom. The van der Waals surface area contributed by atoms with Crippen LogP contribution in [-0.2, 0) is 9.53 Å². The van der Waals surface area contributed by atoms with Gasteiger partial charge in [-0.1, -0.05) is 0 Å². The number of piperidine rings is 1. The zero-order valence-electron chi connectivity index (χ0n) is 12.7. The smallest absolute Gasteiger partial charge is 0.407 e. The Kier molecular flexibility index (Phi) is 6.26. The summed E-state index contributed by atoms with van der Waals surface area (Å²) < 4.78 is 5.16. The summed E-state index contributed by atoms with van der Waals surface area (Å²) in [6, 6.07) is -0.201. The lowest BCUT2D eigenvalue weighted by atomic mass is 9.88. The molecular formula is C14H27N3O3. The van der Waals surface area contributed by atoms with Crippen molar-refractivity contribution < 1.29 is 14.3 Å². The maximum Gasteiger partial charge on any atom is 0.407 e. The molecule has 1 heterocycles. The van der Waals surface area contributed by atoms with Gasteiger partial charge in [-0.05, 0) is 58.9 Å². The van der Waals surface area contributed by atoms with Gasteiger partial charge in [0, 0.05) is 6.54 Å². The van der Waals surface area contributed by atoms with E-state index in [9.17, 15) is 9.59 Å². The van der Waals surface area contributed by atoms with E-state index in [1.54, 1.807) is 0 Å². The van der Waals surface area contributed by atoms with Gasteiger partial charge in [0.25, 0.3) is 0 Å². The first-order valence-corrected chi connectivity index (χ1v) is 7.27. The summed E-state index contributed by atoms with van der Waals surface area (Å²) in [5.74, 6) is 0.218. The van der Waals surface area contributed by atoms with E-state index in [-0.39, 0.29) is 18.0 Å². The van der Waals surface area contributed by atoms with E-state index < -0.39 is 5.60 Å². The SMILES string of the molecule is CC(C)(C)OC(=O)NCCCC1CCNC(C(N)=O)C1. The Hall–Kier alpha value is -1.30. The summed E-state index contributed by atoms with van der Waals surface area (Å²) >= 11 is 0. The monoisotopic (exact) mass is 285 g/mol. The van der Waals surface area contributed by atoms with Gasteiger partial charge in [-0.25, -0.2) is 4.79 Å². The molecule has 0 saturated carbocycles. The summed E-state index contributed by atoms with van der Waals surface area (Å²) in [5, 5.41) is 5.86. The minimum Gasteiger partial charge on any atom is -0.444 e. The Balaban J connectivity index is 2.15. The third kappa shape index (κ3) is 6.75. The van der Waals surface area contributed by atoms with Crippen molar-refractivity contribution >= 4 is 12.0 Å². The standard InChI is InChI=1S/C14H27N3O3/c1-14(2,3)20-13(19)17-7-4-5-10-6-8-16-11(9-10)12(15)18/h10-11,16H,4-9H2,1-3H3,(H2,15,18)(H,17,19). The van der Waals surface area contributed by atoms with E-state index in [1.165, 1.54) is 0 Å². The minimum atomic E-state index is -0.464. The van der Waals surface area contributed by atoms with Crippen LogP contribution >= 0.6 is 0 Å². The molecule has 0 aromatic carbocycles. The molecule has 0 bridgehead atoms. The van der Waals surface area contributed by atoms with Crippen LogP contribution in [0.5, 0.6) is 0 Å². The summed E-state index contributed by atoms with van der Waals surface area (Å²) in [6.07, 6.45) is 3.34. The first-order chi connectivity index (χ1) is 9.28. The van der Waals surface area contributed by atoms with Crippen LogP contribution in [0.3, 0.4) is 0 Å². The zero-order chi connectivity index (χ0) is 15.2. The largest absolute Gasteiger partial charge is 0.444 e. The number of nitrogens with two attached hydrogens (primary N) is 1. The number of ether oxygens (including phenoxy) is 1. The first-order valence-electron chi connectivity index (χ1n) is 7.27. The minimum absolute atomic E-state index is 0.201. The third-order valence-electron chi connectivity index (χ3n) is 3.31. The average molecular weight is 285 g/mol. The van der Waals surface area contributed by atoms with Crippen molar-refractivity contribution in [3.05, 3.63) is 0 Å². The molecule has 6 nitrogen and oxygen atoms in total. The Bertz CT molecular complexity index is 339. The number of primary amides is 1. The van der Waals surface area contributed by atoms with Crippen LogP contribution in [0.15, 0.2) is 0 Å². The molecule has 0 spiro atoms. The molecule has 20 heavy (non-hydrogen) atoms. The number of carbonyl (C=O) groups is 2. The lowest BCUT2D eigenvalue weighted by Gasteiger charge is -2.28. The summed E-state index contributed by atoms with van der Waals surface area (Å²) in [6.45, 7) is 6.95. The second-order valence-electron chi connectivity index (χ2n) is 6.37. The average Bonchev–Trinajstić information content (AvgIpc) is 2.33. The number of alkyl carbamates (subject to hydrolysis) is 1. The fourth-order valence-electron chi connectivity index (χ4n) is 2.37. The van der Waals surface area contributed by atoms with Crippen LogP contribution < -0.4 is 16.4 Å². The zero-order valence-corrected chi connectivity index (χ0v) is 12.7. The molecule has 0 aromatic heterocycles. The van der Waals surface area contributed by atoms with Crippen LogP contribution in [0.1, 0.15) is 46.5 Å². The lowest BCUT2D eigenvalue weighted by molar-refractivity contribution is -0.120. The van der Waals surface area contributed by atoms with Gasteiger partial charge in [-0.15, -0.1) is 0 Å². The molecule has 4 N–H and O–H groups in total. The molecule has 0 radical (unpaired) electrons. The highest BCUT2D eigenvalue weighted by Gasteiger charge is 2.24. The van der Waals surface area contributed by atoms with Crippen molar-refractivity contribution in [2.75, 3.05) is 13.1 Å². The highest BCUT2D eigenvalue weighted by Crippen LogP contribution is 2.20. The normalized spacial score (nSPS) is 23.1. The molecule has 2 amide bonds. The molecule has 1 rings (SSSR count). The van der Waals surface area contributed by atoms with Gasteiger partial charge in [-0.2, -0.15) is 0 Å². The second-order valence-corrected chi connectivity index (χ2v) is 6.37. The van der Waals surface area contributed by atoms with Gasteiger partial charge in [-0.3, -0.25) is 4.79 Å². The molecule has 6 heteroatoms. The van der Waals surface area contributed by atoms with E-state index in [0.717, 1.165) is 32.2 Å². The van der Waals surface area contributed by atoms with Crippen LogP contribution in [-0.4, -0.2) is 36.7 Å². The van der Waals surface area contributed by atoms with Crippen molar-refractivity contribution in [2.45, 2.75) is 58.1 Å². The highest BCUT2D eigenvalue weighted by atomic mass is 16.6. The second kappa shape index (κ2) is 7.47. The van der Waals surface area contributed by atoms with E-state index in [0.29, 0.717) is 12.5 Å². The third-order valence-corrected chi connectivity index (χ3v) is 3.31. The van der Waals surface area contributed by atoms with Gasteiger partial charge < -0.3 is 21.1 Å². The highest BCUT2D eigenvalue weighted by molar-refractivity contribution is 5.79. The maximum atomic E-state index is 11.4. The predicted molar refractivity (Wildman–Crippen MR) is 77.2 cm³/mol. The fraction of sp³-hybridized carbons (Fsp3) is 0.857. The van der Waals surface area contributed by atoms with Gasteiger partial charge in [0.05, 0.1) is 6.04 Å². The Labute approximate surface area is 120 Å². The van der Waals surface area contributed by atoms with Crippen molar-refractivity contribution in [1.29, 1.82) is 0 Å². The van der Waals surface area contributed by atoms with Crippen LogP contribution in [0.4, 0.5) is 4.79 Å². The maximum absolute atomic E-state index is 11.4. The van der Waals surface area contributed by atoms with Crippen molar-refractivity contribution in [3.63, 3.8) is 0 Å². The molecule has 0 aliphatic carbocycles. The Morgan fingerprint density at radius 1 is 1.40 bits per heavy atom. The van der Waals surface area contributed by atoms with Crippen molar-refractivity contribution in [3.8, 4) is 0 Å². The molecule has 1 aliphatic rings. The molecule has 2 unspecified atom stereocenters. The first kappa shape index (κ1) is 16.8. The number of amides is 2. The quantitative estimate of drug-likeness (QED) is 0.660. The van der Waals surface area contributed by atoms with E-state index in [1.807, 2.05) is 20.8 Å². The number of carbonyl (C=O) groups excluding carboxylic acids is 2. The molecule has 0 aromatic rings.